The molecule has 1 heterocycles. The molecule has 1 aromatic carbocycles. The molecule has 1 aliphatic heterocycles. The van der Waals surface area contributed by atoms with E-state index >= 15 is 0 Å². The summed E-state index contributed by atoms with van der Waals surface area (Å²) in [5, 5.41) is 11.6. The highest BCUT2D eigenvalue weighted by Gasteiger charge is 2.50. The summed E-state index contributed by atoms with van der Waals surface area (Å²) in [6.07, 6.45) is 0.893. The number of amides is 2. The van der Waals surface area contributed by atoms with Gasteiger partial charge in [0, 0.05) is 11.7 Å². The van der Waals surface area contributed by atoms with E-state index in [1.807, 2.05) is 37.3 Å². The Morgan fingerprint density at radius 2 is 1.86 bits per heavy atom. The molecular weight excluding hydrogens is 284 g/mol. The topological polar surface area (TPSA) is 86.7 Å². The van der Waals surface area contributed by atoms with Crippen molar-refractivity contribution in [3.8, 4) is 0 Å². The molecule has 22 heavy (non-hydrogen) atoms. The minimum Gasteiger partial charge on any atom is -0.481 e. The molecule has 0 aromatic heterocycles. The van der Waals surface area contributed by atoms with Crippen LogP contribution in [0.1, 0.15) is 19.8 Å². The maximum atomic E-state index is 12.5. The Balaban J connectivity index is 1.66. The number of rotatable bonds is 4. The highest BCUT2D eigenvalue weighted by Crippen LogP contribution is 2.39. The fourth-order valence-corrected chi connectivity index (χ4v) is 3.06. The lowest BCUT2D eigenvalue weighted by Gasteiger charge is -2.21. The number of nitrogens with zero attached hydrogens (tertiary/aromatic N) is 1. The average Bonchev–Trinajstić information content (AvgIpc) is 3.23. The molecule has 2 amide bonds. The summed E-state index contributed by atoms with van der Waals surface area (Å²) in [5.41, 5.74) is 0.812. The van der Waals surface area contributed by atoms with Gasteiger partial charge >= 0.3 is 5.97 Å². The number of anilines is 1. The Labute approximate surface area is 128 Å². The zero-order valence-electron chi connectivity index (χ0n) is 12.2. The Morgan fingerprint density at radius 3 is 2.45 bits per heavy atom. The van der Waals surface area contributed by atoms with E-state index in [1.54, 1.807) is 4.90 Å². The second-order valence-corrected chi connectivity index (χ2v) is 5.98. The summed E-state index contributed by atoms with van der Waals surface area (Å²) in [4.78, 5) is 37.0. The van der Waals surface area contributed by atoms with Crippen molar-refractivity contribution in [3.63, 3.8) is 0 Å². The van der Waals surface area contributed by atoms with Crippen molar-refractivity contribution in [2.45, 2.75) is 31.8 Å². The van der Waals surface area contributed by atoms with E-state index in [9.17, 15) is 14.4 Å². The SMILES string of the molecule is C[C@@H]1C[C@H](NC(=O)[C@H]2C[C@H]2C(=O)O)C(=O)N1c1ccccc1. The van der Waals surface area contributed by atoms with Crippen LogP contribution in [0, 0.1) is 11.8 Å². The number of para-hydroxylation sites is 1. The van der Waals surface area contributed by atoms with Gasteiger partial charge in [0.05, 0.1) is 11.8 Å². The normalized spacial score (nSPS) is 30.2. The summed E-state index contributed by atoms with van der Waals surface area (Å²) in [6, 6.07) is 8.76. The Hall–Kier alpha value is -2.37. The van der Waals surface area contributed by atoms with E-state index in [4.69, 9.17) is 5.11 Å². The Kier molecular flexibility index (Phi) is 3.60. The zero-order valence-corrected chi connectivity index (χ0v) is 12.2. The second kappa shape index (κ2) is 5.44. The third-order valence-electron chi connectivity index (χ3n) is 4.35. The quantitative estimate of drug-likeness (QED) is 0.869. The number of carbonyl (C=O) groups is 3. The summed E-state index contributed by atoms with van der Waals surface area (Å²) in [6.45, 7) is 1.94. The van der Waals surface area contributed by atoms with E-state index in [0.717, 1.165) is 5.69 Å². The molecule has 116 valence electrons. The summed E-state index contributed by atoms with van der Waals surface area (Å²) in [5.74, 6) is -2.50. The van der Waals surface area contributed by atoms with Crippen LogP contribution in [-0.2, 0) is 14.4 Å². The van der Waals surface area contributed by atoms with Gasteiger partial charge in [-0.15, -0.1) is 0 Å². The van der Waals surface area contributed by atoms with Crippen LogP contribution >= 0.6 is 0 Å². The maximum Gasteiger partial charge on any atom is 0.307 e. The van der Waals surface area contributed by atoms with E-state index in [1.165, 1.54) is 0 Å². The van der Waals surface area contributed by atoms with Crippen LogP contribution in [0.2, 0.25) is 0 Å². The first-order valence-corrected chi connectivity index (χ1v) is 7.40. The lowest BCUT2D eigenvalue weighted by atomic mass is 10.1. The highest BCUT2D eigenvalue weighted by molar-refractivity contribution is 6.02. The number of hydrogen-bond acceptors (Lipinski definition) is 3. The molecule has 0 bridgehead atoms. The number of carbonyl (C=O) groups excluding carboxylic acids is 2. The smallest absolute Gasteiger partial charge is 0.307 e. The Bertz CT molecular complexity index is 616. The number of carboxylic acid groups (broad SMARTS) is 1. The molecule has 2 aliphatic rings. The van der Waals surface area contributed by atoms with Gasteiger partial charge in [-0.05, 0) is 31.9 Å². The van der Waals surface area contributed by atoms with Crippen LogP contribution < -0.4 is 10.2 Å². The molecule has 1 aliphatic carbocycles. The van der Waals surface area contributed by atoms with Gasteiger partial charge in [-0.25, -0.2) is 0 Å². The third kappa shape index (κ3) is 2.56. The predicted octanol–water partition coefficient (Wildman–Crippen LogP) is 1.02. The fourth-order valence-electron chi connectivity index (χ4n) is 3.06. The van der Waals surface area contributed by atoms with E-state index < -0.39 is 23.8 Å². The van der Waals surface area contributed by atoms with Crippen LogP contribution in [0.15, 0.2) is 30.3 Å². The van der Waals surface area contributed by atoms with Crippen molar-refractivity contribution < 1.29 is 19.5 Å². The van der Waals surface area contributed by atoms with Crippen LogP contribution in [0.3, 0.4) is 0 Å². The molecule has 0 spiro atoms. The van der Waals surface area contributed by atoms with E-state index in [0.29, 0.717) is 12.8 Å². The van der Waals surface area contributed by atoms with Crippen LogP contribution in [-0.4, -0.2) is 35.0 Å². The minimum atomic E-state index is -0.947. The molecule has 4 atom stereocenters. The summed E-state index contributed by atoms with van der Waals surface area (Å²) < 4.78 is 0. The minimum absolute atomic E-state index is 0.00493. The van der Waals surface area contributed by atoms with Crippen molar-refractivity contribution in [3.05, 3.63) is 30.3 Å². The third-order valence-corrected chi connectivity index (χ3v) is 4.35. The molecule has 6 heteroatoms. The molecular formula is C16H18N2O4. The number of aliphatic carboxylic acids is 1. The van der Waals surface area contributed by atoms with Gasteiger partial charge in [0.1, 0.15) is 6.04 Å². The fraction of sp³-hybridized carbons (Fsp3) is 0.438. The number of carboxylic acids is 1. The molecule has 1 aromatic rings. The van der Waals surface area contributed by atoms with Crippen LogP contribution in [0.25, 0.3) is 0 Å². The average molecular weight is 302 g/mol. The summed E-state index contributed by atoms with van der Waals surface area (Å²) >= 11 is 0. The van der Waals surface area contributed by atoms with E-state index in [-0.39, 0.29) is 17.9 Å². The van der Waals surface area contributed by atoms with Crippen LogP contribution in [0.5, 0.6) is 0 Å². The van der Waals surface area contributed by atoms with Gasteiger partial charge in [-0.3, -0.25) is 14.4 Å². The van der Waals surface area contributed by atoms with E-state index in [2.05, 4.69) is 5.32 Å². The van der Waals surface area contributed by atoms with Crippen molar-refractivity contribution >= 4 is 23.5 Å². The lowest BCUT2D eigenvalue weighted by molar-refractivity contribution is -0.140. The molecule has 0 unspecified atom stereocenters. The number of benzene rings is 1. The molecule has 2 N–H and O–H groups in total. The molecule has 3 rings (SSSR count). The molecule has 2 fully saturated rings. The van der Waals surface area contributed by atoms with Crippen LogP contribution in [0.4, 0.5) is 5.69 Å². The lowest BCUT2D eigenvalue weighted by Crippen LogP contribution is -2.42. The molecule has 1 saturated heterocycles. The monoisotopic (exact) mass is 302 g/mol. The van der Waals surface area contributed by atoms with Crippen molar-refractivity contribution in [2.75, 3.05) is 4.90 Å². The first kappa shape index (κ1) is 14.6. The van der Waals surface area contributed by atoms with Crippen molar-refractivity contribution in [2.24, 2.45) is 11.8 Å². The summed E-state index contributed by atoms with van der Waals surface area (Å²) in [7, 11) is 0. The maximum absolute atomic E-state index is 12.5. The van der Waals surface area contributed by atoms with Gasteiger partial charge in [0.2, 0.25) is 11.8 Å². The van der Waals surface area contributed by atoms with Gasteiger partial charge in [-0.2, -0.15) is 0 Å². The van der Waals surface area contributed by atoms with Gasteiger partial charge in [0.25, 0.3) is 0 Å². The largest absolute Gasteiger partial charge is 0.481 e. The number of hydrogen-bond donors (Lipinski definition) is 2. The second-order valence-electron chi connectivity index (χ2n) is 5.98. The van der Waals surface area contributed by atoms with Gasteiger partial charge in [-0.1, -0.05) is 18.2 Å². The standard InChI is InChI=1S/C16H18N2O4/c1-9-7-13(17-14(19)11-8-12(11)16(21)22)15(20)18(9)10-5-3-2-4-6-10/h2-6,9,11-13H,7-8H2,1H3,(H,17,19)(H,21,22)/t9-,11+,12-,13+/m1/s1. The molecule has 6 nitrogen and oxygen atoms in total. The zero-order chi connectivity index (χ0) is 15.9. The predicted molar refractivity (Wildman–Crippen MR) is 79.2 cm³/mol. The van der Waals surface area contributed by atoms with Crippen molar-refractivity contribution in [1.82, 2.24) is 5.32 Å². The highest BCUT2D eigenvalue weighted by atomic mass is 16.4. The molecule has 1 saturated carbocycles. The van der Waals surface area contributed by atoms with Crippen molar-refractivity contribution in [1.29, 1.82) is 0 Å². The first-order valence-electron chi connectivity index (χ1n) is 7.40. The number of nitrogens with one attached hydrogen (secondary N) is 1. The Morgan fingerprint density at radius 1 is 1.18 bits per heavy atom. The first-order chi connectivity index (χ1) is 10.5. The molecule has 0 radical (unpaired) electrons. The van der Waals surface area contributed by atoms with Gasteiger partial charge in [0.15, 0.2) is 0 Å². The van der Waals surface area contributed by atoms with Gasteiger partial charge < -0.3 is 15.3 Å².